The zero-order valence-corrected chi connectivity index (χ0v) is 11.4. The zero-order valence-electron chi connectivity index (χ0n) is 11.4. The Morgan fingerprint density at radius 3 is 2.22 bits per heavy atom. The lowest BCUT2D eigenvalue weighted by Crippen LogP contribution is -2.34. The summed E-state index contributed by atoms with van der Waals surface area (Å²) in [5, 5.41) is 0. The number of esters is 2. The molecular weight excluding hydrogens is 232 g/mol. The first kappa shape index (κ1) is 16.4. The highest BCUT2D eigenvalue weighted by Gasteiger charge is 2.28. The molecule has 0 radical (unpaired) electrons. The van der Waals surface area contributed by atoms with Crippen LogP contribution in [0.25, 0.3) is 0 Å². The maximum absolute atomic E-state index is 11.2. The lowest BCUT2D eigenvalue weighted by atomic mass is 9.97. The van der Waals surface area contributed by atoms with Crippen molar-refractivity contribution in [2.45, 2.75) is 51.7 Å². The van der Waals surface area contributed by atoms with E-state index in [1.807, 2.05) is 6.92 Å². The molecule has 0 spiro atoms. The lowest BCUT2D eigenvalue weighted by molar-refractivity contribution is -0.156. The third kappa shape index (κ3) is 6.89. The Morgan fingerprint density at radius 1 is 1.22 bits per heavy atom. The summed E-state index contributed by atoms with van der Waals surface area (Å²) in [5.74, 6) is -0.940. The van der Waals surface area contributed by atoms with Crippen LogP contribution in [0.15, 0.2) is 25.3 Å². The molecule has 18 heavy (non-hydrogen) atoms. The number of ether oxygens (including phenoxy) is 2. The first-order valence-electron chi connectivity index (χ1n) is 6.03. The smallest absolute Gasteiger partial charge is 0.330 e. The minimum atomic E-state index is -0.702. The van der Waals surface area contributed by atoms with Gasteiger partial charge in [0.2, 0.25) is 0 Å². The number of hydrogen-bond acceptors (Lipinski definition) is 4. The predicted octanol–water partition coefficient (Wildman–Crippen LogP) is 2.78. The van der Waals surface area contributed by atoms with Crippen molar-refractivity contribution in [1.82, 2.24) is 0 Å². The molecular formula is C14H22O4. The molecule has 0 N–H and O–H groups in total. The van der Waals surface area contributed by atoms with Gasteiger partial charge in [0.05, 0.1) is 0 Å². The average molecular weight is 254 g/mol. The van der Waals surface area contributed by atoms with E-state index < -0.39 is 17.5 Å². The second kappa shape index (κ2) is 7.69. The van der Waals surface area contributed by atoms with Crippen molar-refractivity contribution in [2.24, 2.45) is 0 Å². The number of carbonyl (C=O) groups is 2. The summed E-state index contributed by atoms with van der Waals surface area (Å²) < 4.78 is 10.4. The third-order valence-corrected chi connectivity index (χ3v) is 2.32. The lowest BCUT2D eigenvalue weighted by Gasteiger charge is -2.28. The summed E-state index contributed by atoms with van der Waals surface area (Å²) in [6.45, 7) is 12.3. The minimum absolute atomic E-state index is 0.284. The SMILES string of the molecule is C=CC(=O)OC(CCC)CC(C)(C)OC(=O)C=C. The summed E-state index contributed by atoms with van der Waals surface area (Å²) in [6.07, 6.45) is 4.00. The predicted molar refractivity (Wildman–Crippen MR) is 70.0 cm³/mol. The summed E-state index contributed by atoms with van der Waals surface area (Å²) in [7, 11) is 0. The van der Waals surface area contributed by atoms with Crippen molar-refractivity contribution < 1.29 is 19.1 Å². The molecule has 1 unspecified atom stereocenters. The molecule has 0 aliphatic carbocycles. The molecule has 102 valence electrons. The van der Waals surface area contributed by atoms with E-state index in [9.17, 15) is 9.59 Å². The molecule has 0 rings (SSSR count). The van der Waals surface area contributed by atoms with Crippen molar-refractivity contribution in [3.63, 3.8) is 0 Å². The molecule has 0 heterocycles. The largest absolute Gasteiger partial charge is 0.459 e. The van der Waals surface area contributed by atoms with E-state index in [1.165, 1.54) is 0 Å². The zero-order chi connectivity index (χ0) is 14.2. The van der Waals surface area contributed by atoms with Crippen LogP contribution in [0.4, 0.5) is 0 Å². The van der Waals surface area contributed by atoms with E-state index in [1.54, 1.807) is 13.8 Å². The molecule has 4 nitrogen and oxygen atoms in total. The monoisotopic (exact) mass is 254 g/mol. The first-order valence-corrected chi connectivity index (χ1v) is 6.03. The van der Waals surface area contributed by atoms with Gasteiger partial charge in [0, 0.05) is 18.6 Å². The van der Waals surface area contributed by atoms with Crippen LogP contribution in [-0.4, -0.2) is 23.6 Å². The van der Waals surface area contributed by atoms with Gasteiger partial charge in [-0.25, -0.2) is 9.59 Å². The standard InChI is InChI=1S/C14H22O4/c1-6-9-11(17-12(15)7-2)10-14(4,5)18-13(16)8-3/h7-8,11H,2-3,6,9-10H2,1,4-5H3. The molecule has 0 aromatic rings. The normalized spacial score (nSPS) is 12.4. The Bertz CT molecular complexity index is 318. The maximum Gasteiger partial charge on any atom is 0.330 e. The van der Waals surface area contributed by atoms with Crippen molar-refractivity contribution in [1.29, 1.82) is 0 Å². The third-order valence-electron chi connectivity index (χ3n) is 2.32. The van der Waals surface area contributed by atoms with Crippen LogP contribution >= 0.6 is 0 Å². The molecule has 0 amide bonds. The second-order valence-electron chi connectivity index (χ2n) is 4.64. The van der Waals surface area contributed by atoms with Gasteiger partial charge < -0.3 is 9.47 Å². The molecule has 0 aliphatic rings. The quantitative estimate of drug-likeness (QED) is 0.493. The van der Waals surface area contributed by atoms with Crippen LogP contribution in [0.3, 0.4) is 0 Å². The molecule has 0 aromatic carbocycles. The number of hydrogen-bond donors (Lipinski definition) is 0. The highest BCUT2D eigenvalue weighted by Crippen LogP contribution is 2.22. The fourth-order valence-corrected chi connectivity index (χ4v) is 1.64. The summed E-state index contributed by atoms with van der Waals surface area (Å²) in [5.41, 5.74) is -0.702. The Labute approximate surface area is 109 Å². The van der Waals surface area contributed by atoms with Gasteiger partial charge in [-0.1, -0.05) is 26.5 Å². The van der Waals surface area contributed by atoms with Crippen molar-refractivity contribution in [2.75, 3.05) is 0 Å². The van der Waals surface area contributed by atoms with E-state index in [4.69, 9.17) is 9.47 Å². The van der Waals surface area contributed by atoms with E-state index in [0.29, 0.717) is 12.8 Å². The topological polar surface area (TPSA) is 52.6 Å². The average Bonchev–Trinajstić information content (AvgIpc) is 2.27. The van der Waals surface area contributed by atoms with E-state index >= 15 is 0 Å². The molecule has 0 aliphatic heterocycles. The van der Waals surface area contributed by atoms with Gasteiger partial charge in [0.25, 0.3) is 0 Å². The Hall–Kier alpha value is -1.58. The van der Waals surface area contributed by atoms with E-state index in [2.05, 4.69) is 13.2 Å². The number of carbonyl (C=O) groups excluding carboxylic acids is 2. The highest BCUT2D eigenvalue weighted by atomic mass is 16.6. The Morgan fingerprint density at radius 2 is 1.78 bits per heavy atom. The van der Waals surface area contributed by atoms with Gasteiger partial charge in [-0.05, 0) is 20.3 Å². The van der Waals surface area contributed by atoms with Crippen LogP contribution < -0.4 is 0 Å². The van der Waals surface area contributed by atoms with Crippen LogP contribution in [0.1, 0.15) is 40.0 Å². The van der Waals surface area contributed by atoms with Gasteiger partial charge in [0.1, 0.15) is 11.7 Å². The maximum atomic E-state index is 11.2. The van der Waals surface area contributed by atoms with Crippen molar-refractivity contribution in [3.05, 3.63) is 25.3 Å². The van der Waals surface area contributed by atoms with Crippen molar-refractivity contribution in [3.8, 4) is 0 Å². The van der Waals surface area contributed by atoms with Crippen LogP contribution in [0.5, 0.6) is 0 Å². The molecule has 0 bridgehead atoms. The molecule has 0 saturated heterocycles. The van der Waals surface area contributed by atoms with Gasteiger partial charge in [-0.15, -0.1) is 0 Å². The van der Waals surface area contributed by atoms with Gasteiger partial charge in [-0.3, -0.25) is 0 Å². The van der Waals surface area contributed by atoms with Crippen LogP contribution in [0.2, 0.25) is 0 Å². The summed E-state index contributed by atoms with van der Waals surface area (Å²) in [4.78, 5) is 22.4. The summed E-state index contributed by atoms with van der Waals surface area (Å²) >= 11 is 0. The van der Waals surface area contributed by atoms with Crippen LogP contribution in [-0.2, 0) is 19.1 Å². The molecule has 0 saturated carbocycles. The van der Waals surface area contributed by atoms with Gasteiger partial charge in [0.15, 0.2) is 0 Å². The molecule has 4 heteroatoms. The number of rotatable bonds is 8. The van der Waals surface area contributed by atoms with E-state index in [-0.39, 0.29) is 6.10 Å². The van der Waals surface area contributed by atoms with Gasteiger partial charge >= 0.3 is 11.9 Å². The highest BCUT2D eigenvalue weighted by molar-refractivity contribution is 5.82. The molecule has 1 atom stereocenters. The fourth-order valence-electron chi connectivity index (χ4n) is 1.64. The molecule has 0 aromatic heterocycles. The van der Waals surface area contributed by atoms with E-state index in [0.717, 1.165) is 18.6 Å². The minimum Gasteiger partial charge on any atom is -0.459 e. The van der Waals surface area contributed by atoms with Gasteiger partial charge in [-0.2, -0.15) is 0 Å². The molecule has 0 fully saturated rings. The Kier molecular flexibility index (Phi) is 7.01. The first-order chi connectivity index (χ1) is 8.34. The fraction of sp³-hybridized carbons (Fsp3) is 0.571. The summed E-state index contributed by atoms with van der Waals surface area (Å²) in [6, 6.07) is 0. The van der Waals surface area contributed by atoms with Crippen molar-refractivity contribution >= 4 is 11.9 Å². The second-order valence-corrected chi connectivity index (χ2v) is 4.64. The van der Waals surface area contributed by atoms with Crippen LogP contribution in [0, 0.1) is 0 Å². The Balaban J connectivity index is 4.53.